The topological polar surface area (TPSA) is 35.6 Å². The van der Waals surface area contributed by atoms with Gasteiger partial charge in [0.1, 0.15) is 0 Å². The third kappa shape index (κ3) is 4.32. The van der Waals surface area contributed by atoms with Gasteiger partial charge in [0.05, 0.1) is 6.54 Å². The first-order chi connectivity index (χ1) is 9.54. The SMILES string of the molecule is Cc1cccc(NC(=O)CN2CCN(C(C)C)CC2)c1. The van der Waals surface area contributed by atoms with Crippen LogP contribution < -0.4 is 5.32 Å². The zero-order valence-corrected chi connectivity index (χ0v) is 12.7. The zero-order valence-electron chi connectivity index (χ0n) is 12.7. The zero-order chi connectivity index (χ0) is 14.5. The third-order valence-electron chi connectivity index (χ3n) is 3.81. The van der Waals surface area contributed by atoms with Gasteiger partial charge in [-0.25, -0.2) is 0 Å². The first-order valence-electron chi connectivity index (χ1n) is 7.37. The minimum Gasteiger partial charge on any atom is -0.325 e. The molecule has 4 nitrogen and oxygen atoms in total. The highest BCUT2D eigenvalue weighted by molar-refractivity contribution is 5.92. The lowest BCUT2D eigenvalue weighted by molar-refractivity contribution is -0.117. The molecule has 2 rings (SSSR count). The van der Waals surface area contributed by atoms with Crippen molar-refractivity contribution in [2.24, 2.45) is 0 Å². The molecule has 1 aliphatic rings. The van der Waals surface area contributed by atoms with Gasteiger partial charge >= 0.3 is 0 Å². The number of piperazine rings is 1. The molecule has 1 heterocycles. The summed E-state index contributed by atoms with van der Waals surface area (Å²) in [7, 11) is 0. The number of carbonyl (C=O) groups is 1. The predicted octanol–water partition coefficient (Wildman–Crippen LogP) is 1.96. The maximum Gasteiger partial charge on any atom is 0.238 e. The molecular weight excluding hydrogens is 250 g/mol. The van der Waals surface area contributed by atoms with Crippen LogP contribution >= 0.6 is 0 Å². The Kier molecular flexibility index (Phi) is 5.15. The van der Waals surface area contributed by atoms with Crippen LogP contribution in [0, 0.1) is 6.92 Å². The largest absolute Gasteiger partial charge is 0.325 e. The number of aryl methyl sites for hydroxylation is 1. The summed E-state index contributed by atoms with van der Waals surface area (Å²) in [5.41, 5.74) is 2.05. The fourth-order valence-corrected chi connectivity index (χ4v) is 2.56. The molecule has 20 heavy (non-hydrogen) atoms. The Morgan fingerprint density at radius 3 is 2.55 bits per heavy atom. The van der Waals surface area contributed by atoms with E-state index in [1.807, 2.05) is 31.2 Å². The molecule has 0 saturated carbocycles. The molecule has 4 heteroatoms. The van der Waals surface area contributed by atoms with Crippen molar-refractivity contribution in [2.45, 2.75) is 26.8 Å². The normalized spacial score (nSPS) is 17.4. The number of nitrogens with zero attached hydrogens (tertiary/aromatic N) is 2. The molecule has 1 amide bonds. The lowest BCUT2D eigenvalue weighted by Crippen LogP contribution is -2.50. The molecule has 0 aromatic heterocycles. The molecule has 0 aliphatic carbocycles. The second-order valence-electron chi connectivity index (χ2n) is 5.82. The molecule has 1 aromatic rings. The average Bonchev–Trinajstić information content (AvgIpc) is 2.39. The van der Waals surface area contributed by atoms with Crippen LogP contribution in [0.3, 0.4) is 0 Å². The number of rotatable bonds is 4. The summed E-state index contributed by atoms with van der Waals surface area (Å²) < 4.78 is 0. The van der Waals surface area contributed by atoms with Crippen molar-refractivity contribution >= 4 is 11.6 Å². The van der Waals surface area contributed by atoms with E-state index in [0.29, 0.717) is 12.6 Å². The lowest BCUT2D eigenvalue weighted by atomic mass is 10.2. The number of nitrogens with one attached hydrogen (secondary N) is 1. The van der Waals surface area contributed by atoms with Crippen molar-refractivity contribution in [3.8, 4) is 0 Å². The smallest absolute Gasteiger partial charge is 0.238 e. The molecule has 0 radical (unpaired) electrons. The van der Waals surface area contributed by atoms with Crippen LogP contribution in [0.5, 0.6) is 0 Å². The Bertz CT molecular complexity index is 451. The molecule has 0 atom stereocenters. The summed E-state index contributed by atoms with van der Waals surface area (Å²) >= 11 is 0. The highest BCUT2D eigenvalue weighted by Crippen LogP contribution is 2.10. The first kappa shape index (κ1) is 15.0. The van der Waals surface area contributed by atoms with Gasteiger partial charge in [-0.15, -0.1) is 0 Å². The summed E-state index contributed by atoms with van der Waals surface area (Å²) in [6.07, 6.45) is 0. The molecule has 1 N–H and O–H groups in total. The Labute approximate surface area is 121 Å². The van der Waals surface area contributed by atoms with Crippen LogP contribution in [0.25, 0.3) is 0 Å². The van der Waals surface area contributed by atoms with E-state index in [9.17, 15) is 4.79 Å². The van der Waals surface area contributed by atoms with E-state index in [2.05, 4.69) is 29.0 Å². The summed E-state index contributed by atoms with van der Waals surface area (Å²) in [4.78, 5) is 16.7. The number of hydrogen-bond acceptors (Lipinski definition) is 3. The fourth-order valence-electron chi connectivity index (χ4n) is 2.56. The highest BCUT2D eigenvalue weighted by Gasteiger charge is 2.20. The van der Waals surface area contributed by atoms with Crippen molar-refractivity contribution in [3.05, 3.63) is 29.8 Å². The maximum atomic E-state index is 12.0. The van der Waals surface area contributed by atoms with Crippen LogP contribution in [0.4, 0.5) is 5.69 Å². The van der Waals surface area contributed by atoms with E-state index in [-0.39, 0.29) is 5.91 Å². The number of benzene rings is 1. The number of anilines is 1. The Balaban J connectivity index is 1.78. The number of carbonyl (C=O) groups excluding carboxylic acids is 1. The van der Waals surface area contributed by atoms with Gasteiger partial charge in [-0.3, -0.25) is 14.6 Å². The Hall–Kier alpha value is -1.39. The van der Waals surface area contributed by atoms with E-state index < -0.39 is 0 Å². The molecule has 1 saturated heterocycles. The quantitative estimate of drug-likeness (QED) is 0.912. The van der Waals surface area contributed by atoms with Crippen LogP contribution in [0.1, 0.15) is 19.4 Å². The van der Waals surface area contributed by atoms with E-state index in [0.717, 1.165) is 37.4 Å². The van der Waals surface area contributed by atoms with Gasteiger partial charge in [-0.2, -0.15) is 0 Å². The van der Waals surface area contributed by atoms with Crippen LogP contribution in [-0.4, -0.2) is 54.5 Å². The van der Waals surface area contributed by atoms with Gasteiger partial charge in [0.15, 0.2) is 0 Å². The van der Waals surface area contributed by atoms with Crippen molar-refractivity contribution in [1.82, 2.24) is 9.80 Å². The molecule has 1 aromatic carbocycles. The molecule has 110 valence electrons. The standard InChI is InChI=1S/C16H25N3O/c1-13(2)19-9-7-18(8-10-19)12-16(20)17-15-6-4-5-14(3)11-15/h4-6,11,13H,7-10,12H2,1-3H3,(H,17,20). The number of amides is 1. The van der Waals surface area contributed by atoms with Crippen molar-refractivity contribution in [2.75, 3.05) is 38.0 Å². The Morgan fingerprint density at radius 2 is 1.95 bits per heavy atom. The van der Waals surface area contributed by atoms with E-state index in [4.69, 9.17) is 0 Å². The summed E-state index contributed by atoms with van der Waals surface area (Å²) in [5.74, 6) is 0.0774. The predicted molar refractivity (Wildman–Crippen MR) is 83.0 cm³/mol. The van der Waals surface area contributed by atoms with Crippen LogP contribution in [-0.2, 0) is 4.79 Å². The molecule has 0 bridgehead atoms. The van der Waals surface area contributed by atoms with Gasteiger partial charge in [-0.1, -0.05) is 12.1 Å². The lowest BCUT2D eigenvalue weighted by Gasteiger charge is -2.36. The minimum atomic E-state index is 0.0774. The van der Waals surface area contributed by atoms with Crippen LogP contribution in [0.2, 0.25) is 0 Å². The van der Waals surface area contributed by atoms with Gasteiger partial charge < -0.3 is 5.32 Å². The molecule has 0 spiro atoms. The minimum absolute atomic E-state index is 0.0774. The molecule has 0 unspecified atom stereocenters. The second-order valence-corrected chi connectivity index (χ2v) is 5.82. The Morgan fingerprint density at radius 1 is 1.25 bits per heavy atom. The van der Waals surface area contributed by atoms with Gasteiger partial charge in [0.25, 0.3) is 0 Å². The molecule has 1 fully saturated rings. The summed E-state index contributed by atoms with van der Waals surface area (Å²) in [6.45, 7) is 11.0. The van der Waals surface area contributed by atoms with Crippen molar-refractivity contribution in [3.63, 3.8) is 0 Å². The van der Waals surface area contributed by atoms with E-state index in [1.165, 1.54) is 0 Å². The van der Waals surface area contributed by atoms with Crippen LogP contribution in [0.15, 0.2) is 24.3 Å². The molecule has 1 aliphatic heterocycles. The average molecular weight is 275 g/mol. The second kappa shape index (κ2) is 6.86. The molecular formula is C16H25N3O. The summed E-state index contributed by atoms with van der Waals surface area (Å²) in [6, 6.07) is 8.52. The van der Waals surface area contributed by atoms with E-state index >= 15 is 0 Å². The van der Waals surface area contributed by atoms with E-state index in [1.54, 1.807) is 0 Å². The summed E-state index contributed by atoms with van der Waals surface area (Å²) in [5, 5.41) is 2.97. The monoisotopic (exact) mass is 275 g/mol. The third-order valence-corrected chi connectivity index (χ3v) is 3.81. The maximum absolute atomic E-state index is 12.0. The van der Waals surface area contributed by atoms with Crippen molar-refractivity contribution in [1.29, 1.82) is 0 Å². The first-order valence-corrected chi connectivity index (χ1v) is 7.37. The van der Waals surface area contributed by atoms with Crippen molar-refractivity contribution < 1.29 is 4.79 Å². The highest BCUT2D eigenvalue weighted by atomic mass is 16.2. The van der Waals surface area contributed by atoms with Gasteiger partial charge in [0.2, 0.25) is 5.91 Å². The van der Waals surface area contributed by atoms with Gasteiger partial charge in [-0.05, 0) is 38.5 Å². The van der Waals surface area contributed by atoms with Gasteiger partial charge in [0, 0.05) is 37.9 Å². The fraction of sp³-hybridized carbons (Fsp3) is 0.562. The number of hydrogen-bond donors (Lipinski definition) is 1.